The number of nitrogens with zero attached hydrogens (tertiary/aromatic N) is 3. The third-order valence-corrected chi connectivity index (χ3v) is 7.70. The fourth-order valence-corrected chi connectivity index (χ4v) is 6.72. The molecule has 4 rings (SSSR count). The van der Waals surface area contributed by atoms with Gasteiger partial charge in [0.05, 0.1) is 22.9 Å². The molecule has 4 heterocycles. The number of aliphatic hydroxyl groups excluding tert-OH is 1. The van der Waals surface area contributed by atoms with Gasteiger partial charge in [0, 0.05) is 23.9 Å². The van der Waals surface area contributed by atoms with Gasteiger partial charge in [0.1, 0.15) is 16.4 Å². The average Bonchev–Trinajstić information content (AvgIpc) is 3.17. The van der Waals surface area contributed by atoms with Gasteiger partial charge >= 0.3 is 5.97 Å². The zero-order valence-electron chi connectivity index (χ0n) is 15.6. The predicted octanol–water partition coefficient (Wildman–Crippen LogP) is 0.761. The molecule has 1 fully saturated rings. The van der Waals surface area contributed by atoms with Crippen molar-refractivity contribution in [2.24, 2.45) is 11.8 Å². The summed E-state index contributed by atoms with van der Waals surface area (Å²) in [6, 6.07) is -0.427. The van der Waals surface area contributed by atoms with Gasteiger partial charge in [-0.3, -0.25) is 9.20 Å². The van der Waals surface area contributed by atoms with Crippen LogP contribution in [-0.2, 0) is 19.4 Å². The SMILES string of the molecule is Cc1nc(S(C)(=O)=O)c2sc(C3=C(C(=O)O)N4C(=O)[C@H]([C@@H](C)O)[C@H]4C3C)cn12. The second-order valence-electron chi connectivity index (χ2n) is 7.33. The molecule has 2 N–H and O–H groups in total. The molecular weight excluding hydrogens is 406 g/mol. The van der Waals surface area contributed by atoms with Gasteiger partial charge in [0.25, 0.3) is 0 Å². The number of imidazole rings is 1. The lowest BCUT2D eigenvalue weighted by atomic mass is 9.77. The zero-order chi connectivity index (χ0) is 20.7. The summed E-state index contributed by atoms with van der Waals surface area (Å²) in [6.45, 7) is 5.01. The molecule has 9 nitrogen and oxygen atoms in total. The standard InChI is InChI=1S/C17H19N3O6S2/c1-6-10(13(17(23)24)20-12(6)11(7(2)21)15(20)22)9-5-19-8(3)18-14(16(19)27-9)28(4,25)26/h5-7,11-12,21H,1-4H3,(H,23,24)/t6?,7-,11-,12-/m1/s1. The number of carboxylic acids is 1. The van der Waals surface area contributed by atoms with Crippen molar-refractivity contribution in [3.63, 3.8) is 0 Å². The number of carbonyl (C=O) groups excluding carboxylic acids is 1. The van der Waals surface area contributed by atoms with E-state index in [-0.39, 0.29) is 16.6 Å². The van der Waals surface area contributed by atoms with Gasteiger partial charge in [-0.1, -0.05) is 6.92 Å². The fourth-order valence-electron chi connectivity index (χ4n) is 4.25. The Labute approximate surface area is 164 Å². The summed E-state index contributed by atoms with van der Waals surface area (Å²) in [4.78, 5) is 30.8. The number of aliphatic carboxylic acids is 1. The molecule has 0 aliphatic carbocycles. The van der Waals surface area contributed by atoms with Crippen LogP contribution in [0.2, 0.25) is 0 Å². The molecule has 1 saturated heterocycles. The largest absolute Gasteiger partial charge is 0.477 e. The number of carboxylic acid groups (broad SMARTS) is 1. The van der Waals surface area contributed by atoms with Crippen LogP contribution in [-0.4, -0.2) is 63.2 Å². The van der Waals surface area contributed by atoms with Crippen LogP contribution in [0.15, 0.2) is 16.9 Å². The highest BCUT2D eigenvalue weighted by atomic mass is 32.2. The molecule has 2 aliphatic heterocycles. The third kappa shape index (κ3) is 2.39. The first-order valence-electron chi connectivity index (χ1n) is 8.62. The van der Waals surface area contributed by atoms with Crippen molar-refractivity contribution < 1.29 is 28.2 Å². The van der Waals surface area contributed by atoms with Gasteiger partial charge in [-0.15, -0.1) is 11.3 Å². The van der Waals surface area contributed by atoms with Crippen LogP contribution in [0.3, 0.4) is 0 Å². The highest BCUT2D eigenvalue weighted by Gasteiger charge is 2.60. The monoisotopic (exact) mass is 425 g/mol. The Kier molecular flexibility index (Phi) is 4.01. The Hall–Kier alpha value is -2.24. The summed E-state index contributed by atoms with van der Waals surface area (Å²) in [6.07, 6.45) is 1.86. The van der Waals surface area contributed by atoms with E-state index in [0.29, 0.717) is 21.1 Å². The molecule has 11 heteroatoms. The van der Waals surface area contributed by atoms with E-state index in [2.05, 4.69) is 4.98 Å². The average molecular weight is 425 g/mol. The second-order valence-corrected chi connectivity index (χ2v) is 10.3. The smallest absolute Gasteiger partial charge is 0.352 e. The quantitative estimate of drug-likeness (QED) is 0.692. The van der Waals surface area contributed by atoms with Crippen LogP contribution >= 0.6 is 11.3 Å². The van der Waals surface area contributed by atoms with Gasteiger partial charge in [-0.05, 0) is 13.8 Å². The van der Waals surface area contributed by atoms with Crippen LogP contribution in [0.25, 0.3) is 10.4 Å². The van der Waals surface area contributed by atoms with Crippen LogP contribution in [0.5, 0.6) is 0 Å². The topological polar surface area (TPSA) is 129 Å². The van der Waals surface area contributed by atoms with Gasteiger partial charge in [0.15, 0.2) is 14.9 Å². The number of thiazole rings is 1. The number of aliphatic hydroxyl groups is 1. The number of hydrogen-bond acceptors (Lipinski definition) is 7. The molecule has 0 radical (unpaired) electrons. The number of aromatic nitrogens is 2. The highest BCUT2D eigenvalue weighted by molar-refractivity contribution is 7.91. The number of carbonyl (C=O) groups is 2. The molecule has 2 aliphatic rings. The third-order valence-electron chi connectivity index (χ3n) is 5.46. The summed E-state index contributed by atoms with van der Waals surface area (Å²) < 4.78 is 25.7. The molecule has 2 aromatic heterocycles. The van der Waals surface area contributed by atoms with Crippen molar-refractivity contribution in [2.45, 2.75) is 37.9 Å². The van der Waals surface area contributed by atoms with Crippen molar-refractivity contribution in [3.8, 4) is 0 Å². The molecule has 0 bridgehead atoms. The molecule has 4 atom stereocenters. The Bertz CT molecular complexity index is 1170. The zero-order valence-corrected chi connectivity index (χ0v) is 17.2. The normalized spacial score (nSPS) is 26.0. The van der Waals surface area contributed by atoms with E-state index >= 15 is 0 Å². The fraction of sp³-hybridized carbons (Fsp3) is 0.471. The van der Waals surface area contributed by atoms with E-state index in [1.807, 2.05) is 6.92 Å². The van der Waals surface area contributed by atoms with E-state index in [9.17, 15) is 28.2 Å². The number of rotatable bonds is 4. The summed E-state index contributed by atoms with van der Waals surface area (Å²) in [7, 11) is -3.55. The predicted molar refractivity (Wildman–Crippen MR) is 100 cm³/mol. The minimum absolute atomic E-state index is 0.0504. The minimum Gasteiger partial charge on any atom is -0.477 e. The maximum absolute atomic E-state index is 12.5. The Morgan fingerprint density at radius 1 is 1.39 bits per heavy atom. The number of sulfone groups is 1. The first-order valence-corrected chi connectivity index (χ1v) is 11.3. The first-order chi connectivity index (χ1) is 12.9. The van der Waals surface area contributed by atoms with E-state index in [1.54, 1.807) is 17.5 Å². The molecule has 0 spiro atoms. The molecule has 1 amide bonds. The van der Waals surface area contributed by atoms with Crippen molar-refractivity contribution in [1.82, 2.24) is 14.3 Å². The van der Waals surface area contributed by atoms with E-state index < -0.39 is 39.8 Å². The van der Waals surface area contributed by atoms with Gasteiger partial charge in [-0.25, -0.2) is 18.2 Å². The van der Waals surface area contributed by atoms with Crippen LogP contribution < -0.4 is 0 Å². The lowest BCUT2D eigenvalue weighted by Crippen LogP contribution is -2.63. The van der Waals surface area contributed by atoms with Crippen LogP contribution in [0.1, 0.15) is 24.5 Å². The van der Waals surface area contributed by atoms with Crippen molar-refractivity contribution >= 4 is 43.5 Å². The maximum Gasteiger partial charge on any atom is 0.352 e. The Morgan fingerprint density at radius 2 is 2.04 bits per heavy atom. The van der Waals surface area contributed by atoms with Crippen molar-refractivity contribution in [2.75, 3.05) is 6.26 Å². The second kappa shape index (κ2) is 5.88. The summed E-state index contributed by atoms with van der Waals surface area (Å²) in [5.74, 6) is -2.12. The summed E-state index contributed by atoms with van der Waals surface area (Å²) in [5.41, 5.74) is 0.372. The summed E-state index contributed by atoms with van der Waals surface area (Å²) >= 11 is 1.14. The van der Waals surface area contributed by atoms with Crippen LogP contribution in [0.4, 0.5) is 0 Å². The number of fused-ring (bicyclic) bond motifs is 2. The molecule has 0 saturated carbocycles. The summed E-state index contributed by atoms with van der Waals surface area (Å²) in [5, 5.41) is 19.7. The molecule has 1 unspecified atom stereocenters. The van der Waals surface area contributed by atoms with Gasteiger partial charge in [0.2, 0.25) is 5.91 Å². The Morgan fingerprint density at radius 3 is 2.57 bits per heavy atom. The molecule has 150 valence electrons. The Balaban J connectivity index is 1.91. The highest BCUT2D eigenvalue weighted by Crippen LogP contribution is 2.51. The first kappa shape index (κ1) is 19.1. The maximum atomic E-state index is 12.5. The van der Waals surface area contributed by atoms with E-state index in [1.165, 1.54) is 11.8 Å². The number of β-lactam (4-membered cyclic amide) rings is 1. The molecule has 0 aromatic carbocycles. The minimum atomic E-state index is -3.55. The van der Waals surface area contributed by atoms with E-state index in [4.69, 9.17) is 0 Å². The van der Waals surface area contributed by atoms with Crippen LogP contribution in [0, 0.1) is 18.8 Å². The number of aryl methyl sites for hydroxylation is 1. The molecule has 2 aromatic rings. The van der Waals surface area contributed by atoms with Gasteiger partial charge < -0.3 is 15.1 Å². The van der Waals surface area contributed by atoms with Crippen molar-refractivity contribution in [1.29, 1.82) is 0 Å². The lowest BCUT2D eigenvalue weighted by Gasteiger charge is -2.46. The number of amides is 1. The van der Waals surface area contributed by atoms with Gasteiger partial charge in [-0.2, -0.15) is 0 Å². The lowest BCUT2D eigenvalue weighted by molar-refractivity contribution is -0.163. The van der Waals surface area contributed by atoms with E-state index in [0.717, 1.165) is 17.6 Å². The number of hydrogen-bond donors (Lipinski definition) is 2. The van der Waals surface area contributed by atoms with Crippen molar-refractivity contribution in [3.05, 3.63) is 22.6 Å². The molecular formula is C17H19N3O6S2. The molecule has 28 heavy (non-hydrogen) atoms.